The van der Waals surface area contributed by atoms with E-state index in [4.69, 9.17) is 13.9 Å². The van der Waals surface area contributed by atoms with E-state index in [-0.39, 0.29) is 5.91 Å². The van der Waals surface area contributed by atoms with Crippen LogP contribution in [0.25, 0.3) is 37.9 Å². The van der Waals surface area contributed by atoms with Gasteiger partial charge in [-0.25, -0.2) is 4.98 Å². The molecule has 0 aliphatic carbocycles. The number of furan rings is 1. The number of aryl methyl sites for hydroxylation is 1. The van der Waals surface area contributed by atoms with Crippen LogP contribution in [0.4, 0.5) is 5.69 Å². The molecule has 3 aromatic carbocycles. The molecule has 1 amide bonds. The highest BCUT2D eigenvalue weighted by atomic mass is 32.1. The molecular formula is C28H24N2O4S. The van der Waals surface area contributed by atoms with Crippen molar-refractivity contribution in [2.45, 2.75) is 13.8 Å². The third kappa shape index (κ3) is 4.50. The van der Waals surface area contributed by atoms with Gasteiger partial charge in [-0.1, -0.05) is 12.1 Å². The van der Waals surface area contributed by atoms with Crippen molar-refractivity contribution in [1.82, 2.24) is 4.98 Å². The van der Waals surface area contributed by atoms with E-state index in [1.165, 1.54) is 0 Å². The van der Waals surface area contributed by atoms with Gasteiger partial charge in [0.05, 0.1) is 35.7 Å². The monoisotopic (exact) mass is 484 g/mol. The van der Waals surface area contributed by atoms with E-state index in [9.17, 15) is 4.79 Å². The van der Waals surface area contributed by atoms with Crippen molar-refractivity contribution in [3.63, 3.8) is 0 Å². The normalized spacial score (nSPS) is 11.7. The van der Waals surface area contributed by atoms with Crippen LogP contribution in [0.2, 0.25) is 0 Å². The first-order chi connectivity index (χ1) is 16.9. The van der Waals surface area contributed by atoms with E-state index in [0.717, 1.165) is 48.6 Å². The highest BCUT2D eigenvalue weighted by molar-refractivity contribution is 7.18. The minimum absolute atomic E-state index is 0.226. The van der Waals surface area contributed by atoms with Crippen molar-refractivity contribution < 1.29 is 18.7 Å². The molecule has 2 heterocycles. The Morgan fingerprint density at radius 3 is 2.74 bits per heavy atom. The highest BCUT2D eigenvalue weighted by Crippen LogP contribution is 2.38. The van der Waals surface area contributed by atoms with Gasteiger partial charge in [0, 0.05) is 34.3 Å². The van der Waals surface area contributed by atoms with Crippen molar-refractivity contribution in [2.75, 3.05) is 19.5 Å². The number of methoxy groups -OCH3 is 2. The largest absolute Gasteiger partial charge is 0.497 e. The summed E-state index contributed by atoms with van der Waals surface area (Å²) in [4.78, 5) is 17.3. The van der Waals surface area contributed by atoms with Crippen LogP contribution in [0, 0.1) is 6.92 Å². The number of benzene rings is 3. The second-order valence-corrected chi connectivity index (χ2v) is 9.40. The van der Waals surface area contributed by atoms with Gasteiger partial charge in [0.15, 0.2) is 0 Å². The van der Waals surface area contributed by atoms with Gasteiger partial charge in [-0.3, -0.25) is 4.79 Å². The maximum atomic E-state index is 12.8. The standard InChI is InChI=1S/C28H24N2O4S/c1-16(10-28(31)30-19-8-9-27-24(12-19)29-17(2)35-27)21-13-22-23(15-34-26(22)14-25(21)33-4)18-6-5-7-20(11-18)32-3/h5-15H,1-4H3,(H,30,31)/b16-10+. The predicted octanol–water partition coefficient (Wildman–Crippen LogP) is 7.08. The van der Waals surface area contributed by atoms with E-state index in [1.54, 1.807) is 37.9 Å². The molecule has 0 aliphatic heterocycles. The number of anilines is 1. The highest BCUT2D eigenvalue weighted by Gasteiger charge is 2.15. The molecule has 0 unspecified atom stereocenters. The number of carbonyl (C=O) groups excluding carboxylic acids is 1. The topological polar surface area (TPSA) is 73.6 Å². The van der Waals surface area contributed by atoms with Crippen molar-refractivity contribution in [2.24, 2.45) is 0 Å². The minimum Gasteiger partial charge on any atom is -0.497 e. The number of ether oxygens (including phenoxy) is 2. The molecule has 0 saturated carbocycles. The number of allylic oxidation sites excluding steroid dienone is 1. The summed E-state index contributed by atoms with van der Waals surface area (Å²) in [5, 5.41) is 4.86. The predicted molar refractivity (Wildman–Crippen MR) is 141 cm³/mol. The summed E-state index contributed by atoms with van der Waals surface area (Å²) in [7, 11) is 3.25. The first-order valence-electron chi connectivity index (χ1n) is 11.1. The van der Waals surface area contributed by atoms with Crippen LogP contribution >= 0.6 is 11.3 Å². The van der Waals surface area contributed by atoms with Crippen LogP contribution in [-0.2, 0) is 4.79 Å². The molecule has 0 radical (unpaired) electrons. The molecule has 0 atom stereocenters. The first kappa shape index (κ1) is 22.7. The second-order valence-electron chi connectivity index (χ2n) is 8.16. The Labute approximate surface area is 206 Å². The van der Waals surface area contributed by atoms with Crippen molar-refractivity contribution in [3.05, 3.63) is 77.5 Å². The number of carbonyl (C=O) groups is 1. The Morgan fingerprint density at radius 1 is 1.09 bits per heavy atom. The molecule has 6 nitrogen and oxygen atoms in total. The molecule has 1 N–H and O–H groups in total. The lowest BCUT2D eigenvalue weighted by atomic mass is 9.99. The molecule has 0 bridgehead atoms. The van der Waals surface area contributed by atoms with Gasteiger partial charge < -0.3 is 19.2 Å². The van der Waals surface area contributed by atoms with Crippen LogP contribution < -0.4 is 14.8 Å². The fraction of sp³-hybridized carbons (Fsp3) is 0.143. The molecule has 176 valence electrons. The summed E-state index contributed by atoms with van der Waals surface area (Å²) in [5.41, 5.74) is 5.78. The van der Waals surface area contributed by atoms with Crippen LogP contribution in [0.15, 0.2) is 71.4 Å². The number of nitrogens with zero attached hydrogens (tertiary/aromatic N) is 1. The van der Waals surface area contributed by atoms with Crippen molar-refractivity contribution in [1.29, 1.82) is 0 Å². The Balaban J connectivity index is 1.48. The fourth-order valence-electron chi connectivity index (χ4n) is 4.12. The molecule has 0 fully saturated rings. The number of thiazole rings is 1. The lowest BCUT2D eigenvalue weighted by Gasteiger charge is -2.10. The van der Waals surface area contributed by atoms with Crippen LogP contribution in [0.3, 0.4) is 0 Å². The van der Waals surface area contributed by atoms with E-state index in [1.807, 2.05) is 68.4 Å². The number of amides is 1. The SMILES string of the molecule is COc1cccc(-c2coc3cc(OC)c(/C(C)=C/C(=O)Nc4ccc5sc(C)nc5c4)cc23)c1. The molecule has 7 heteroatoms. The number of hydrogen-bond acceptors (Lipinski definition) is 6. The summed E-state index contributed by atoms with van der Waals surface area (Å²) < 4.78 is 17.9. The molecule has 0 aliphatic rings. The summed E-state index contributed by atoms with van der Waals surface area (Å²) in [6.07, 6.45) is 3.30. The van der Waals surface area contributed by atoms with Crippen LogP contribution in [0.5, 0.6) is 11.5 Å². The third-order valence-electron chi connectivity index (χ3n) is 5.81. The third-order valence-corrected chi connectivity index (χ3v) is 6.76. The maximum Gasteiger partial charge on any atom is 0.248 e. The number of aromatic nitrogens is 1. The van der Waals surface area contributed by atoms with Crippen molar-refractivity contribution in [3.8, 4) is 22.6 Å². The van der Waals surface area contributed by atoms with Gasteiger partial charge in [0.1, 0.15) is 17.1 Å². The van der Waals surface area contributed by atoms with Crippen LogP contribution in [0.1, 0.15) is 17.5 Å². The number of fused-ring (bicyclic) bond motifs is 2. The Kier molecular flexibility index (Phi) is 6.01. The lowest BCUT2D eigenvalue weighted by molar-refractivity contribution is -0.111. The van der Waals surface area contributed by atoms with E-state index >= 15 is 0 Å². The van der Waals surface area contributed by atoms with Gasteiger partial charge in [-0.2, -0.15) is 0 Å². The lowest BCUT2D eigenvalue weighted by Crippen LogP contribution is -2.08. The molecule has 0 saturated heterocycles. The summed E-state index contributed by atoms with van der Waals surface area (Å²) >= 11 is 1.63. The van der Waals surface area contributed by atoms with Gasteiger partial charge in [0.2, 0.25) is 5.91 Å². The number of hydrogen-bond donors (Lipinski definition) is 1. The summed E-state index contributed by atoms with van der Waals surface area (Å²) in [6, 6.07) is 17.4. The van der Waals surface area contributed by atoms with E-state index < -0.39 is 0 Å². The number of nitrogens with one attached hydrogen (secondary N) is 1. The molecular weight excluding hydrogens is 460 g/mol. The summed E-state index contributed by atoms with van der Waals surface area (Å²) in [5.74, 6) is 1.17. The molecule has 5 rings (SSSR count). The fourth-order valence-corrected chi connectivity index (χ4v) is 4.93. The molecule has 35 heavy (non-hydrogen) atoms. The first-order valence-corrected chi connectivity index (χ1v) is 11.9. The average Bonchev–Trinajstić information content (AvgIpc) is 3.44. The Morgan fingerprint density at radius 2 is 1.94 bits per heavy atom. The van der Waals surface area contributed by atoms with E-state index in [0.29, 0.717) is 17.0 Å². The van der Waals surface area contributed by atoms with Crippen LogP contribution in [-0.4, -0.2) is 25.1 Å². The Hall–Kier alpha value is -4.10. The van der Waals surface area contributed by atoms with Gasteiger partial charge in [0.25, 0.3) is 0 Å². The van der Waals surface area contributed by atoms with Gasteiger partial charge in [-0.05, 0) is 61.4 Å². The summed E-state index contributed by atoms with van der Waals surface area (Å²) in [6.45, 7) is 3.86. The average molecular weight is 485 g/mol. The Bertz CT molecular complexity index is 1600. The van der Waals surface area contributed by atoms with E-state index in [2.05, 4.69) is 10.3 Å². The van der Waals surface area contributed by atoms with Gasteiger partial charge >= 0.3 is 0 Å². The quantitative estimate of drug-likeness (QED) is 0.261. The van der Waals surface area contributed by atoms with Gasteiger partial charge in [-0.15, -0.1) is 11.3 Å². The zero-order valence-corrected chi connectivity index (χ0v) is 20.7. The zero-order chi connectivity index (χ0) is 24.5. The smallest absolute Gasteiger partial charge is 0.248 e. The molecule has 0 spiro atoms. The number of rotatable bonds is 6. The maximum absolute atomic E-state index is 12.8. The minimum atomic E-state index is -0.226. The molecule has 5 aromatic rings. The zero-order valence-electron chi connectivity index (χ0n) is 19.8. The second kappa shape index (κ2) is 9.27. The van der Waals surface area contributed by atoms with Crippen molar-refractivity contribution >= 4 is 49.7 Å². The molecule has 2 aromatic heterocycles.